The molecule has 0 bridgehead atoms. The lowest BCUT2D eigenvalue weighted by atomic mass is 10.1. The van der Waals surface area contributed by atoms with Crippen molar-refractivity contribution >= 4 is 51.1 Å². The van der Waals surface area contributed by atoms with Gasteiger partial charge in [0.2, 0.25) is 0 Å². The molecule has 1 aromatic heterocycles. The Hall–Kier alpha value is -1.13. The van der Waals surface area contributed by atoms with Crippen molar-refractivity contribution < 1.29 is 8.42 Å². The number of aryl methyl sites for hydroxylation is 1. The predicted octanol–water partition coefficient (Wildman–Crippen LogP) is 2.99. The van der Waals surface area contributed by atoms with Crippen molar-refractivity contribution in [1.29, 1.82) is 0 Å². The Morgan fingerprint density at radius 2 is 1.96 bits per heavy atom. The number of sulfone groups is 1. The number of nitrogens with zero attached hydrogens (tertiary/aromatic N) is 1. The van der Waals surface area contributed by atoms with E-state index in [4.69, 9.17) is 0 Å². The monoisotopic (exact) mass is 493 g/mol. The van der Waals surface area contributed by atoms with E-state index in [2.05, 4.69) is 32.5 Å². The summed E-state index contributed by atoms with van der Waals surface area (Å²) in [6, 6.07) is 7.50. The lowest BCUT2D eigenvalue weighted by molar-refractivity contribution is 0.601. The Balaban J connectivity index is 0.00000312. The van der Waals surface area contributed by atoms with Gasteiger partial charge in [0.15, 0.2) is 15.8 Å². The first kappa shape index (κ1) is 21.9. The Morgan fingerprint density at radius 1 is 1.20 bits per heavy atom. The summed E-state index contributed by atoms with van der Waals surface area (Å²) in [5, 5.41) is 10.7. The standard InChI is InChI=1S/C17H23N3O2S2.HI/c1-13-10-15(4-5-16(13)24(3,21)22)11-20-17(18-2)19-8-6-14-7-9-23-12-14;/h4-5,7,9-10,12H,6,8,11H2,1-3H3,(H2,18,19,20);1H. The number of nitrogens with one attached hydrogen (secondary N) is 2. The van der Waals surface area contributed by atoms with Crippen LogP contribution in [0.1, 0.15) is 16.7 Å². The van der Waals surface area contributed by atoms with Crippen molar-refractivity contribution in [1.82, 2.24) is 10.6 Å². The highest BCUT2D eigenvalue weighted by Gasteiger charge is 2.10. The second-order valence-corrected chi connectivity index (χ2v) is 8.37. The van der Waals surface area contributed by atoms with Crippen LogP contribution >= 0.6 is 35.3 Å². The van der Waals surface area contributed by atoms with E-state index in [-0.39, 0.29) is 24.0 Å². The first-order chi connectivity index (χ1) is 11.4. The molecule has 2 rings (SSSR count). The summed E-state index contributed by atoms with van der Waals surface area (Å²) >= 11 is 1.70. The SMILES string of the molecule is CN=C(NCCc1ccsc1)NCc1ccc(S(C)(=O)=O)c(C)c1.I. The van der Waals surface area contributed by atoms with Gasteiger partial charge >= 0.3 is 0 Å². The van der Waals surface area contributed by atoms with Crippen LogP contribution in [0.25, 0.3) is 0 Å². The van der Waals surface area contributed by atoms with Gasteiger partial charge in [0, 0.05) is 26.4 Å². The molecule has 138 valence electrons. The average Bonchev–Trinajstić information content (AvgIpc) is 3.02. The van der Waals surface area contributed by atoms with E-state index in [1.54, 1.807) is 24.5 Å². The maximum absolute atomic E-state index is 11.6. The van der Waals surface area contributed by atoms with Crippen LogP contribution < -0.4 is 10.6 Å². The maximum atomic E-state index is 11.6. The molecule has 2 N–H and O–H groups in total. The molecular formula is C17H24IN3O2S2. The molecule has 0 spiro atoms. The average molecular weight is 493 g/mol. The smallest absolute Gasteiger partial charge is 0.191 e. The van der Waals surface area contributed by atoms with E-state index < -0.39 is 9.84 Å². The minimum Gasteiger partial charge on any atom is -0.356 e. The van der Waals surface area contributed by atoms with Crippen LogP contribution in [0.2, 0.25) is 0 Å². The van der Waals surface area contributed by atoms with Gasteiger partial charge < -0.3 is 10.6 Å². The summed E-state index contributed by atoms with van der Waals surface area (Å²) in [6.07, 6.45) is 2.18. The fraction of sp³-hybridized carbons (Fsp3) is 0.353. The van der Waals surface area contributed by atoms with Gasteiger partial charge in [-0.25, -0.2) is 8.42 Å². The Bertz CT molecular complexity index is 803. The van der Waals surface area contributed by atoms with Crippen LogP contribution in [0.4, 0.5) is 0 Å². The molecule has 0 aliphatic heterocycles. The number of hydrogen-bond donors (Lipinski definition) is 2. The first-order valence-corrected chi connectivity index (χ1v) is 10.5. The summed E-state index contributed by atoms with van der Waals surface area (Å²) < 4.78 is 23.3. The third-order valence-corrected chi connectivity index (χ3v) is 5.60. The Labute approximate surface area is 170 Å². The lowest BCUT2D eigenvalue weighted by Gasteiger charge is -2.13. The van der Waals surface area contributed by atoms with Crippen molar-refractivity contribution in [3.8, 4) is 0 Å². The lowest BCUT2D eigenvalue weighted by Crippen LogP contribution is -2.37. The highest BCUT2D eigenvalue weighted by molar-refractivity contribution is 14.0. The van der Waals surface area contributed by atoms with Gasteiger partial charge in [0.05, 0.1) is 4.90 Å². The van der Waals surface area contributed by atoms with Gasteiger partial charge in [-0.3, -0.25) is 4.99 Å². The molecule has 5 nitrogen and oxygen atoms in total. The predicted molar refractivity (Wildman–Crippen MR) is 116 cm³/mol. The number of guanidine groups is 1. The highest BCUT2D eigenvalue weighted by Crippen LogP contribution is 2.16. The highest BCUT2D eigenvalue weighted by atomic mass is 127. The zero-order valence-corrected chi connectivity index (χ0v) is 18.5. The fourth-order valence-corrected chi connectivity index (χ4v) is 4.07. The molecule has 0 unspecified atom stereocenters. The van der Waals surface area contributed by atoms with Gasteiger partial charge in [-0.15, -0.1) is 24.0 Å². The third-order valence-electron chi connectivity index (χ3n) is 3.61. The van der Waals surface area contributed by atoms with E-state index in [1.165, 1.54) is 11.8 Å². The Kier molecular flexibility index (Phi) is 8.87. The van der Waals surface area contributed by atoms with Crippen LogP contribution in [0.3, 0.4) is 0 Å². The van der Waals surface area contributed by atoms with Crippen LogP contribution in [-0.4, -0.2) is 34.2 Å². The van der Waals surface area contributed by atoms with Crippen molar-refractivity contribution in [2.75, 3.05) is 19.8 Å². The van der Waals surface area contributed by atoms with Crippen LogP contribution in [-0.2, 0) is 22.8 Å². The normalized spacial score (nSPS) is 11.7. The zero-order chi connectivity index (χ0) is 17.6. The molecular weight excluding hydrogens is 469 g/mol. The van der Waals surface area contributed by atoms with Gasteiger partial charge in [-0.05, 0) is 52.9 Å². The number of benzene rings is 1. The summed E-state index contributed by atoms with van der Waals surface area (Å²) in [4.78, 5) is 4.58. The largest absolute Gasteiger partial charge is 0.356 e. The van der Waals surface area contributed by atoms with E-state index in [0.717, 1.165) is 30.1 Å². The van der Waals surface area contributed by atoms with Crippen LogP contribution in [0.5, 0.6) is 0 Å². The molecule has 2 aromatic rings. The van der Waals surface area contributed by atoms with Gasteiger partial charge in [-0.1, -0.05) is 12.1 Å². The molecule has 0 aliphatic carbocycles. The van der Waals surface area contributed by atoms with Crippen LogP contribution in [0.15, 0.2) is 44.9 Å². The van der Waals surface area contributed by atoms with Crippen molar-refractivity contribution in [3.05, 3.63) is 51.7 Å². The second-order valence-electron chi connectivity index (χ2n) is 5.61. The quantitative estimate of drug-likeness (QED) is 0.369. The second kappa shape index (κ2) is 10.1. The topological polar surface area (TPSA) is 70.6 Å². The third kappa shape index (κ3) is 6.95. The molecule has 0 amide bonds. The van der Waals surface area contributed by atoms with E-state index in [0.29, 0.717) is 11.4 Å². The van der Waals surface area contributed by atoms with E-state index >= 15 is 0 Å². The number of aliphatic imine (C=N–C) groups is 1. The molecule has 0 aliphatic rings. The fourth-order valence-electron chi connectivity index (χ4n) is 2.40. The number of rotatable bonds is 6. The minimum absolute atomic E-state index is 0. The molecule has 1 aromatic carbocycles. The van der Waals surface area contributed by atoms with Gasteiger partial charge in [0.25, 0.3) is 0 Å². The zero-order valence-electron chi connectivity index (χ0n) is 14.6. The number of thiophene rings is 1. The molecule has 0 fully saturated rings. The first-order valence-electron chi connectivity index (χ1n) is 7.65. The molecule has 25 heavy (non-hydrogen) atoms. The molecule has 0 saturated heterocycles. The number of hydrogen-bond acceptors (Lipinski definition) is 4. The van der Waals surface area contributed by atoms with Crippen molar-refractivity contribution in [3.63, 3.8) is 0 Å². The molecule has 8 heteroatoms. The van der Waals surface area contributed by atoms with E-state index in [9.17, 15) is 8.42 Å². The van der Waals surface area contributed by atoms with Crippen LogP contribution in [0, 0.1) is 6.92 Å². The molecule has 1 heterocycles. The van der Waals surface area contributed by atoms with Crippen molar-refractivity contribution in [2.45, 2.75) is 24.8 Å². The molecule has 0 saturated carbocycles. The summed E-state index contributed by atoms with van der Waals surface area (Å²) in [5.74, 6) is 0.732. The maximum Gasteiger partial charge on any atom is 0.191 e. The molecule has 0 atom stereocenters. The van der Waals surface area contributed by atoms with Crippen molar-refractivity contribution in [2.24, 2.45) is 4.99 Å². The summed E-state index contributed by atoms with van der Waals surface area (Å²) in [7, 11) is -1.44. The Morgan fingerprint density at radius 3 is 2.52 bits per heavy atom. The van der Waals surface area contributed by atoms with Gasteiger partial charge in [0.1, 0.15) is 0 Å². The molecule has 0 radical (unpaired) electrons. The summed E-state index contributed by atoms with van der Waals surface area (Å²) in [6.45, 7) is 3.21. The summed E-state index contributed by atoms with van der Waals surface area (Å²) in [5.41, 5.74) is 3.09. The minimum atomic E-state index is -3.18. The number of halogens is 1. The van der Waals surface area contributed by atoms with Gasteiger partial charge in [-0.2, -0.15) is 11.3 Å². The van der Waals surface area contributed by atoms with E-state index in [1.807, 2.05) is 19.1 Å².